The van der Waals surface area contributed by atoms with Gasteiger partial charge in [0.05, 0.1) is 18.0 Å². The number of alkyl halides is 2. The fourth-order valence-electron chi connectivity index (χ4n) is 3.34. The first-order chi connectivity index (χ1) is 15.2. The normalized spacial score (nSPS) is 15.1. The van der Waals surface area contributed by atoms with E-state index in [2.05, 4.69) is 15.5 Å². The Labute approximate surface area is 182 Å². The Kier molecular flexibility index (Phi) is 7.05. The van der Waals surface area contributed by atoms with Crippen molar-refractivity contribution in [3.05, 3.63) is 29.8 Å². The van der Waals surface area contributed by atoms with Crippen molar-refractivity contribution in [1.29, 1.82) is 0 Å². The Morgan fingerprint density at radius 3 is 2.47 bits per heavy atom. The maximum Gasteiger partial charge on any atom is 0.409 e. The summed E-state index contributed by atoms with van der Waals surface area (Å²) in [5.74, 6) is -0.954. The third-order valence-electron chi connectivity index (χ3n) is 5.12. The van der Waals surface area contributed by atoms with Crippen LogP contribution in [0.4, 0.5) is 19.3 Å². The van der Waals surface area contributed by atoms with E-state index in [-0.39, 0.29) is 18.2 Å². The molecule has 0 aromatic carbocycles. The molecule has 32 heavy (non-hydrogen) atoms. The fraction of sp³-hybridized carbons (Fsp3) is 0.526. The predicted molar refractivity (Wildman–Crippen MR) is 108 cm³/mol. The zero-order chi connectivity index (χ0) is 23.4. The number of carbonyl (C=O) groups excluding carboxylic acids is 3. The van der Waals surface area contributed by atoms with Gasteiger partial charge in [0, 0.05) is 38.6 Å². The molecule has 1 aliphatic rings. The molecule has 0 bridgehead atoms. The predicted octanol–water partition coefficient (Wildman–Crippen LogP) is 1.90. The van der Waals surface area contributed by atoms with Crippen molar-refractivity contribution in [1.82, 2.24) is 29.4 Å². The van der Waals surface area contributed by atoms with E-state index in [4.69, 9.17) is 4.74 Å². The smallest absolute Gasteiger partial charge is 0.409 e. The summed E-state index contributed by atoms with van der Waals surface area (Å²) in [7, 11) is 0. The summed E-state index contributed by atoms with van der Waals surface area (Å²) in [5, 5.41) is 10.3. The number of anilines is 1. The molecule has 1 atom stereocenters. The van der Waals surface area contributed by atoms with Crippen LogP contribution in [0.3, 0.4) is 0 Å². The number of hydrogen-bond acceptors (Lipinski definition) is 6. The van der Waals surface area contributed by atoms with Gasteiger partial charge in [-0.25, -0.2) is 4.79 Å². The largest absolute Gasteiger partial charge is 0.450 e. The summed E-state index contributed by atoms with van der Waals surface area (Å²) in [6.45, 7) is 3.84. The Hall–Kier alpha value is -3.51. The van der Waals surface area contributed by atoms with Gasteiger partial charge in [-0.15, -0.1) is 0 Å². The molecule has 13 heteroatoms. The number of hydrogen-bond donors (Lipinski definition) is 1. The summed E-state index contributed by atoms with van der Waals surface area (Å²) >= 11 is 0. The van der Waals surface area contributed by atoms with Gasteiger partial charge in [0.15, 0.2) is 0 Å². The number of rotatable bonds is 6. The van der Waals surface area contributed by atoms with Crippen LogP contribution in [-0.2, 0) is 9.53 Å². The molecule has 3 heterocycles. The lowest BCUT2D eigenvalue weighted by molar-refractivity contribution is -0.136. The first-order valence-electron chi connectivity index (χ1n) is 10.1. The van der Waals surface area contributed by atoms with E-state index in [1.165, 1.54) is 16.9 Å². The SMILES string of the molecule is CCOC(=O)N1CCN(C(=O)C(C)n2cc(NC(=O)c3ccnn3C(F)F)c(C)n2)CC1. The minimum absolute atomic E-state index is 0.190. The summed E-state index contributed by atoms with van der Waals surface area (Å²) in [6.07, 6.45) is 2.19. The van der Waals surface area contributed by atoms with E-state index >= 15 is 0 Å². The molecule has 2 aromatic heterocycles. The van der Waals surface area contributed by atoms with Crippen LogP contribution in [0, 0.1) is 6.92 Å². The second kappa shape index (κ2) is 9.75. The molecule has 174 valence electrons. The van der Waals surface area contributed by atoms with Crippen molar-refractivity contribution in [2.45, 2.75) is 33.4 Å². The molecule has 1 aliphatic heterocycles. The molecule has 1 unspecified atom stereocenters. The molecule has 0 aliphatic carbocycles. The fourth-order valence-corrected chi connectivity index (χ4v) is 3.34. The van der Waals surface area contributed by atoms with Gasteiger partial charge in [0.2, 0.25) is 5.91 Å². The van der Waals surface area contributed by atoms with Crippen molar-refractivity contribution in [3.63, 3.8) is 0 Å². The second-order valence-corrected chi connectivity index (χ2v) is 7.19. The number of aryl methyl sites for hydroxylation is 1. The van der Waals surface area contributed by atoms with Gasteiger partial charge in [0.1, 0.15) is 11.7 Å². The number of amides is 3. The van der Waals surface area contributed by atoms with Crippen LogP contribution in [0.1, 0.15) is 42.6 Å². The van der Waals surface area contributed by atoms with E-state index in [0.717, 1.165) is 6.20 Å². The van der Waals surface area contributed by atoms with Crippen LogP contribution in [0.15, 0.2) is 18.5 Å². The molecule has 1 fully saturated rings. The third-order valence-corrected chi connectivity index (χ3v) is 5.12. The van der Waals surface area contributed by atoms with Crippen molar-refractivity contribution < 1.29 is 27.9 Å². The van der Waals surface area contributed by atoms with Gasteiger partial charge >= 0.3 is 12.6 Å². The number of piperazine rings is 1. The van der Waals surface area contributed by atoms with Gasteiger partial charge in [-0.3, -0.25) is 14.3 Å². The number of halogens is 2. The Morgan fingerprint density at radius 2 is 1.84 bits per heavy atom. The minimum Gasteiger partial charge on any atom is -0.450 e. The highest BCUT2D eigenvalue weighted by Crippen LogP contribution is 2.20. The van der Waals surface area contributed by atoms with E-state index < -0.39 is 24.6 Å². The quantitative estimate of drug-likeness (QED) is 0.715. The monoisotopic (exact) mass is 453 g/mol. The van der Waals surface area contributed by atoms with Crippen molar-refractivity contribution in [2.75, 3.05) is 38.1 Å². The van der Waals surface area contributed by atoms with Crippen LogP contribution in [0.5, 0.6) is 0 Å². The average molecular weight is 453 g/mol. The minimum atomic E-state index is -2.95. The number of carbonyl (C=O) groups is 3. The molecule has 0 saturated carbocycles. The maximum atomic E-state index is 13.0. The molecule has 0 spiro atoms. The summed E-state index contributed by atoms with van der Waals surface area (Å²) < 4.78 is 32.6. The number of aromatic nitrogens is 4. The molecule has 3 amide bonds. The van der Waals surface area contributed by atoms with Crippen LogP contribution in [0.2, 0.25) is 0 Å². The lowest BCUT2D eigenvalue weighted by Gasteiger charge is -2.35. The lowest BCUT2D eigenvalue weighted by Crippen LogP contribution is -2.52. The van der Waals surface area contributed by atoms with Crippen LogP contribution in [-0.4, -0.2) is 80.1 Å². The molecule has 2 aromatic rings. The molecule has 1 N–H and O–H groups in total. The highest BCUT2D eigenvalue weighted by molar-refractivity contribution is 6.03. The number of ether oxygens (including phenoxy) is 1. The van der Waals surface area contributed by atoms with Crippen molar-refractivity contribution in [3.8, 4) is 0 Å². The summed E-state index contributed by atoms with van der Waals surface area (Å²) in [5.41, 5.74) is 0.424. The summed E-state index contributed by atoms with van der Waals surface area (Å²) in [6, 6.07) is 0.517. The molecule has 0 radical (unpaired) electrons. The second-order valence-electron chi connectivity index (χ2n) is 7.19. The van der Waals surface area contributed by atoms with Crippen LogP contribution >= 0.6 is 0 Å². The number of nitrogens with one attached hydrogen (secondary N) is 1. The molecule has 3 rings (SSSR count). The Bertz CT molecular complexity index is 982. The lowest BCUT2D eigenvalue weighted by atomic mass is 10.2. The maximum absolute atomic E-state index is 13.0. The van der Waals surface area contributed by atoms with Gasteiger partial charge in [0.25, 0.3) is 5.91 Å². The van der Waals surface area contributed by atoms with E-state index in [1.54, 1.807) is 30.6 Å². The van der Waals surface area contributed by atoms with Gasteiger partial charge in [-0.2, -0.15) is 23.7 Å². The first-order valence-corrected chi connectivity index (χ1v) is 10.1. The zero-order valence-electron chi connectivity index (χ0n) is 18.0. The van der Waals surface area contributed by atoms with E-state index in [9.17, 15) is 23.2 Å². The highest BCUT2D eigenvalue weighted by Gasteiger charge is 2.29. The van der Waals surface area contributed by atoms with E-state index in [1.807, 2.05) is 0 Å². The standard InChI is InChI=1S/C19H25F2N7O4/c1-4-32-19(31)26-9-7-25(8-10-26)17(30)13(3)27-11-14(12(2)24-27)23-16(29)15-5-6-22-28(15)18(20)21/h5-6,11,13,18H,4,7-10H2,1-3H3,(H,23,29). The molecule has 11 nitrogen and oxygen atoms in total. The third kappa shape index (κ3) is 4.86. The zero-order valence-corrected chi connectivity index (χ0v) is 18.0. The number of nitrogens with zero attached hydrogens (tertiary/aromatic N) is 6. The first kappa shape index (κ1) is 23.2. The Morgan fingerprint density at radius 1 is 1.19 bits per heavy atom. The van der Waals surface area contributed by atoms with Gasteiger partial charge < -0.3 is 19.9 Å². The van der Waals surface area contributed by atoms with Gasteiger partial charge in [-0.1, -0.05) is 0 Å². The molecular weight excluding hydrogens is 428 g/mol. The van der Waals surface area contributed by atoms with Crippen molar-refractivity contribution in [2.24, 2.45) is 0 Å². The summed E-state index contributed by atoms with van der Waals surface area (Å²) in [4.78, 5) is 40.3. The topological polar surface area (TPSA) is 115 Å². The highest BCUT2D eigenvalue weighted by atomic mass is 19.3. The molecular formula is C19H25F2N7O4. The van der Waals surface area contributed by atoms with Gasteiger partial charge in [-0.05, 0) is 26.8 Å². The van der Waals surface area contributed by atoms with Crippen LogP contribution in [0.25, 0.3) is 0 Å². The molecule has 1 saturated heterocycles. The Balaban J connectivity index is 1.63. The van der Waals surface area contributed by atoms with Crippen LogP contribution < -0.4 is 5.32 Å². The average Bonchev–Trinajstić information content (AvgIpc) is 3.40. The van der Waals surface area contributed by atoms with E-state index in [0.29, 0.717) is 42.2 Å². The van der Waals surface area contributed by atoms with Crippen molar-refractivity contribution >= 4 is 23.6 Å².